The smallest absolute Gasteiger partial charge is 0.311 e. The first-order chi connectivity index (χ1) is 11.8. The molecule has 0 saturated heterocycles. The van der Waals surface area contributed by atoms with Gasteiger partial charge in [0.1, 0.15) is 10.6 Å². The number of anilines is 2. The second-order valence-corrected chi connectivity index (χ2v) is 7.26. The molecule has 2 rings (SSSR count). The SMILES string of the molecule is CCOc1ccc(Nc2ncccc2[N+](=O)[O-])cc1S(=O)(=O)N(C)C. The van der Waals surface area contributed by atoms with Crippen LogP contribution in [-0.2, 0) is 10.0 Å². The first-order valence-electron chi connectivity index (χ1n) is 7.33. The Labute approximate surface area is 145 Å². The van der Waals surface area contributed by atoms with Gasteiger partial charge in [-0.3, -0.25) is 10.1 Å². The molecule has 10 heteroatoms. The van der Waals surface area contributed by atoms with Gasteiger partial charge in [-0.25, -0.2) is 17.7 Å². The summed E-state index contributed by atoms with van der Waals surface area (Å²) in [7, 11) is -0.934. The molecule has 134 valence electrons. The minimum absolute atomic E-state index is 0.0184. The van der Waals surface area contributed by atoms with E-state index in [0.29, 0.717) is 12.3 Å². The molecule has 1 heterocycles. The fourth-order valence-electron chi connectivity index (χ4n) is 2.04. The van der Waals surface area contributed by atoms with Gasteiger partial charge in [0, 0.05) is 32.0 Å². The standard InChI is InChI=1S/C15H18N4O5S/c1-4-24-13-8-7-11(10-14(13)25(22,23)18(2)3)17-15-12(19(20)21)6-5-9-16-15/h5-10H,4H2,1-3H3,(H,16,17). The molecule has 1 aromatic carbocycles. The van der Waals surface area contributed by atoms with Crippen molar-refractivity contribution in [2.24, 2.45) is 0 Å². The molecule has 25 heavy (non-hydrogen) atoms. The largest absolute Gasteiger partial charge is 0.492 e. The van der Waals surface area contributed by atoms with E-state index in [-0.39, 0.29) is 22.2 Å². The third kappa shape index (κ3) is 4.03. The summed E-state index contributed by atoms with van der Waals surface area (Å²) in [4.78, 5) is 14.4. The molecule has 0 fully saturated rings. The van der Waals surface area contributed by atoms with E-state index < -0.39 is 14.9 Å². The number of sulfonamides is 1. The number of rotatable bonds is 7. The number of hydrogen-bond donors (Lipinski definition) is 1. The van der Waals surface area contributed by atoms with Gasteiger partial charge in [-0.2, -0.15) is 0 Å². The normalized spacial score (nSPS) is 11.4. The molecule has 0 aliphatic heterocycles. The van der Waals surface area contributed by atoms with Crippen LogP contribution >= 0.6 is 0 Å². The van der Waals surface area contributed by atoms with Gasteiger partial charge in [0.2, 0.25) is 15.8 Å². The maximum Gasteiger partial charge on any atom is 0.311 e. The highest BCUT2D eigenvalue weighted by Gasteiger charge is 2.23. The Morgan fingerprint density at radius 2 is 2.04 bits per heavy atom. The summed E-state index contributed by atoms with van der Waals surface area (Å²) in [6.45, 7) is 2.05. The average molecular weight is 366 g/mol. The van der Waals surface area contributed by atoms with Crippen LogP contribution in [0.25, 0.3) is 0 Å². The molecule has 0 unspecified atom stereocenters. The Kier molecular flexibility index (Phi) is 5.55. The van der Waals surface area contributed by atoms with Gasteiger partial charge in [0.15, 0.2) is 0 Å². The molecule has 9 nitrogen and oxygen atoms in total. The van der Waals surface area contributed by atoms with E-state index in [1.165, 1.54) is 44.6 Å². The lowest BCUT2D eigenvalue weighted by Crippen LogP contribution is -2.23. The van der Waals surface area contributed by atoms with Crippen molar-refractivity contribution in [1.29, 1.82) is 0 Å². The van der Waals surface area contributed by atoms with Crippen LogP contribution in [0, 0.1) is 10.1 Å². The summed E-state index contributed by atoms with van der Waals surface area (Å²) in [5, 5.41) is 13.9. The first-order valence-corrected chi connectivity index (χ1v) is 8.77. The summed E-state index contributed by atoms with van der Waals surface area (Å²) in [5.74, 6) is 0.224. The Morgan fingerprint density at radius 1 is 1.32 bits per heavy atom. The quantitative estimate of drug-likeness (QED) is 0.591. The fourth-order valence-corrected chi connectivity index (χ4v) is 3.09. The van der Waals surface area contributed by atoms with Gasteiger partial charge >= 0.3 is 5.69 Å². The molecular weight excluding hydrogens is 348 g/mol. The number of ether oxygens (including phenoxy) is 1. The lowest BCUT2D eigenvalue weighted by atomic mass is 10.3. The summed E-state index contributed by atoms with van der Waals surface area (Å²) in [5.41, 5.74) is 0.124. The monoisotopic (exact) mass is 366 g/mol. The van der Waals surface area contributed by atoms with Crippen LogP contribution in [0.3, 0.4) is 0 Å². The topological polar surface area (TPSA) is 115 Å². The summed E-state index contributed by atoms with van der Waals surface area (Å²) >= 11 is 0. The van der Waals surface area contributed by atoms with Crippen LogP contribution in [0.15, 0.2) is 41.4 Å². The lowest BCUT2D eigenvalue weighted by Gasteiger charge is -2.16. The number of hydrogen-bond acceptors (Lipinski definition) is 7. The fraction of sp³-hybridized carbons (Fsp3) is 0.267. The number of nitro groups is 1. The van der Waals surface area contributed by atoms with Gasteiger partial charge in [0.25, 0.3) is 0 Å². The third-order valence-corrected chi connectivity index (χ3v) is 5.08. The van der Waals surface area contributed by atoms with Crippen LogP contribution in [-0.4, -0.2) is 43.3 Å². The summed E-state index contributed by atoms with van der Waals surface area (Å²) in [6.07, 6.45) is 1.40. The van der Waals surface area contributed by atoms with Crippen LogP contribution in [0.1, 0.15) is 6.92 Å². The number of pyridine rings is 1. The molecule has 0 aliphatic carbocycles. The summed E-state index contributed by atoms with van der Waals surface area (Å²) < 4.78 is 31.5. The van der Waals surface area contributed by atoms with E-state index in [1.54, 1.807) is 13.0 Å². The predicted molar refractivity (Wildman–Crippen MR) is 92.7 cm³/mol. The van der Waals surface area contributed by atoms with E-state index >= 15 is 0 Å². The molecule has 0 bridgehead atoms. The molecule has 0 spiro atoms. The number of benzene rings is 1. The zero-order valence-corrected chi connectivity index (χ0v) is 14.8. The van der Waals surface area contributed by atoms with Crippen molar-refractivity contribution in [2.75, 3.05) is 26.0 Å². The van der Waals surface area contributed by atoms with Crippen molar-refractivity contribution >= 4 is 27.2 Å². The Morgan fingerprint density at radius 3 is 2.64 bits per heavy atom. The van der Waals surface area contributed by atoms with Crippen molar-refractivity contribution in [2.45, 2.75) is 11.8 Å². The highest BCUT2D eigenvalue weighted by Crippen LogP contribution is 2.31. The predicted octanol–water partition coefficient (Wildman–Crippen LogP) is 2.38. The van der Waals surface area contributed by atoms with E-state index in [1.807, 2.05) is 0 Å². The number of nitrogens with zero attached hydrogens (tertiary/aromatic N) is 3. The number of nitrogens with one attached hydrogen (secondary N) is 1. The highest BCUT2D eigenvalue weighted by molar-refractivity contribution is 7.89. The zero-order valence-electron chi connectivity index (χ0n) is 14.0. The first kappa shape index (κ1) is 18.6. The summed E-state index contributed by atoms with van der Waals surface area (Å²) in [6, 6.07) is 7.18. The van der Waals surface area contributed by atoms with Gasteiger partial charge in [-0.15, -0.1) is 0 Å². The van der Waals surface area contributed by atoms with Crippen LogP contribution in [0.2, 0.25) is 0 Å². The van der Waals surface area contributed by atoms with E-state index in [2.05, 4.69) is 10.3 Å². The molecule has 0 atom stereocenters. The molecule has 0 aliphatic rings. The molecule has 2 aromatic rings. The molecular formula is C15H18N4O5S. The molecule has 0 amide bonds. The second-order valence-electron chi connectivity index (χ2n) is 5.14. The molecule has 1 aromatic heterocycles. The zero-order chi connectivity index (χ0) is 18.6. The van der Waals surface area contributed by atoms with Crippen molar-refractivity contribution < 1.29 is 18.1 Å². The maximum atomic E-state index is 12.5. The van der Waals surface area contributed by atoms with E-state index in [9.17, 15) is 18.5 Å². The second kappa shape index (κ2) is 7.45. The van der Waals surface area contributed by atoms with Crippen LogP contribution in [0.5, 0.6) is 5.75 Å². The van der Waals surface area contributed by atoms with Crippen LogP contribution in [0.4, 0.5) is 17.2 Å². The van der Waals surface area contributed by atoms with Crippen molar-refractivity contribution in [3.8, 4) is 5.75 Å². The third-order valence-electron chi connectivity index (χ3n) is 3.25. The van der Waals surface area contributed by atoms with Crippen LogP contribution < -0.4 is 10.1 Å². The van der Waals surface area contributed by atoms with Gasteiger partial charge in [0.05, 0.1) is 11.5 Å². The highest BCUT2D eigenvalue weighted by atomic mass is 32.2. The van der Waals surface area contributed by atoms with Gasteiger partial charge in [-0.1, -0.05) is 0 Å². The Hall–Kier alpha value is -2.72. The Bertz CT molecular complexity index is 883. The van der Waals surface area contributed by atoms with E-state index in [0.717, 1.165) is 4.31 Å². The van der Waals surface area contributed by atoms with Crippen molar-refractivity contribution in [1.82, 2.24) is 9.29 Å². The average Bonchev–Trinajstić information content (AvgIpc) is 2.56. The van der Waals surface area contributed by atoms with Gasteiger partial charge < -0.3 is 10.1 Å². The molecule has 0 radical (unpaired) electrons. The number of aromatic nitrogens is 1. The Balaban J connectivity index is 2.50. The lowest BCUT2D eigenvalue weighted by molar-refractivity contribution is -0.384. The van der Waals surface area contributed by atoms with E-state index in [4.69, 9.17) is 4.74 Å². The maximum absolute atomic E-state index is 12.5. The van der Waals surface area contributed by atoms with Crippen molar-refractivity contribution in [3.05, 3.63) is 46.6 Å². The van der Waals surface area contributed by atoms with Crippen molar-refractivity contribution in [3.63, 3.8) is 0 Å². The minimum Gasteiger partial charge on any atom is -0.492 e. The molecule has 1 N–H and O–H groups in total. The molecule has 0 saturated carbocycles. The minimum atomic E-state index is -3.76. The van der Waals surface area contributed by atoms with Gasteiger partial charge in [-0.05, 0) is 31.2 Å².